The van der Waals surface area contributed by atoms with Crippen LogP contribution in [-0.2, 0) is 32.2 Å². The molecular weight excluding hydrogens is 630 g/mol. The summed E-state index contributed by atoms with van der Waals surface area (Å²) in [5.41, 5.74) is 3.80. The van der Waals surface area contributed by atoms with Gasteiger partial charge in [-0.3, -0.25) is 4.79 Å². The Morgan fingerprint density at radius 2 is 1.30 bits per heavy atom. The van der Waals surface area contributed by atoms with Crippen molar-refractivity contribution in [3.8, 4) is 0 Å². The fourth-order valence-corrected chi connectivity index (χ4v) is 6.51. The van der Waals surface area contributed by atoms with Crippen LogP contribution in [0.15, 0.2) is 48.5 Å². The van der Waals surface area contributed by atoms with Crippen molar-refractivity contribution >= 4 is 12.0 Å². The first-order valence-corrected chi connectivity index (χ1v) is 19.4. The Kier molecular flexibility index (Phi) is 20.1. The minimum absolute atomic E-state index is 0.00975. The van der Waals surface area contributed by atoms with Gasteiger partial charge in [0.15, 0.2) is 6.29 Å². The molecule has 9 nitrogen and oxygen atoms in total. The van der Waals surface area contributed by atoms with E-state index in [1.165, 1.54) is 77.0 Å². The van der Waals surface area contributed by atoms with Crippen molar-refractivity contribution in [2.24, 2.45) is 5.92 Å². The third-order valence-corrected chi connectivity index (χ3v) is 9.62. The number of nitrogens with zero attached hydrogens (tertiary/aromatic N) is 1. The van der Waals surface area contributed by atoms with Crippen LogP contribution < -0.4 is 10.6 Å². The lowest BCUT2D eigenvalue weighted by atomic mass is 9.90. The van der Waals surface area contributed by atoms with E-state index in [1.54, 1.807) is 6.92 Å². The number of aliphatic hydroxyl groups is 1. The van der Waals surface area contributed by atoms with Gasteiger partial charge >= 0.3 is 12.0 Å². The van der Waals surface area contributed by atoms with Crippen molar-refractivity contribution in [3.63, 3.8) is 0 Å². The number of esters is 1. The van der Waals surface area contributed by atoms with E-state index in [0.29, 0.717) is 6.54 Å². The predicted molar refractivity (Wildman–Crippen MR) is 199 cm³/mol. The average Bonchev–Trinajstić information content (AvgIpc) is 3.13. The van der Waals surface area contributed by atoms with Gasteiger partial charge in [-0.1, -0.05) is 134 Å². The highest BCUT2D eigenvalue weighted by molar-refractivity contribution is 5.80. The lowest BCUT2D eigenvalue weighted by Crippen LogP contribution is -2.45. The Bertz CT molecular complexity index is 1190. The van der Waals surface area contributed by atoms with Crippen LogP contribution in [0.5, 0.6) is 0 Å². The van der Waals surface area contributed by atoms with Crippen LogP contribution in [0.4, 0.5) is 4.79 Å². The maximum Gasteiger partial charge on any atom is 0.325 e. The zero-order valence-corrected chi connectivity index (χ0v) is 31.3. The van der Waals surface area contributed by atoms with Gasteiger partial charge in [-0.15, -0.1) is 0 Å². The largest absolute Gasteiger partial charge is 0.465 e. The summed E-state index contributed by atoms with van der Waals surface area (Å²) < 4.78 is 18.4. The second-order valence-corrected chi connectivity index (χ2v) is 13.7. The number of urea groups is 1. The molecule has 4 atom stereocenters. The third-order valence-electron chi connectivity index (χ3n) is 9.62. The molecule has 280 valence electrons. The molecule has 9 heteroatoms. The molecule has 1 heterocycles. The first-order valence-electron chi connectivity index (χ1n) is 19.4. The van der Waals surface area contributed by atoms with Gasteiger partial charge in [0.2, 0.25) is 0 Å². The summed E-state index contributed by atoms with van der Waals surface area (Å²) in [6.45, 7) is 12.0. The van der Waals surface area contributed by atoms with E-state index in [-0.39, 0.29) is 37.9 Å². The number of unbranched alkanes of at least 4 members (excludes halogenated alkanes) is 10. The molecule has 0 saturated carbocycles. The highest BCUT2D eigenvalue weighted by Gasteiger charge is 2.39. The first kappa shape index (κ1) is 41.4. The van der Waals surface area contributed by atoms with Gasteiger partial charge < -0.3 is 34.9 Å². The minimum Gasteiger partial charge on any atom is -0.465 e. The Hall–Kier alpha value is -2.98. The van der Waals surface area contributed by atoms with Crippen LogP contribution in [0.25, 0.3) is 0 Å². The van der Waals surface area contributed by atoms with E-state index >= 15 is 0 Å². The number of carbonyl (C=O) groups excluding carboxylic acids is 2. The second kappa shape index (κ2) is 24.2. The Balaban J connectivity index is 1.71. The van der Waals surface area contributed by atoms with Crippen LogP contribution in [0.1, 0.15) is 139 Å². The Labute approximate surface area is 301 Å². The first-order chi connectivity index (χ1) is 24.4. The lowest BCUT2D eigenvalue weighted by molar-refractivity contribution is -0.276. The number of aliphatic hydroxyl groups excluding tert-OH is 1. The predicted octanol–water partition coefficient (Wildman–Crippen LogP) is 8.36. The molecule has 2 aromatic carbocycles. The van der Waals surface area contributed by atoms with Crippen molar-refractivity contribution in [1.82, 2.24) is 15.5 Å². The van der Waals surface area contributed by atoms with E-state index < -0.39 is 18.3 Å². The van der Waals surface area contributed by atoms with E-state index in [4.69, 9.17) is 14.2 Å². The highest BCUT2D eigenvalue weighted by Crippen LogP contribution is 2.42. The maximum atomic E-state index is 12.2. The molecule has 0 aliphatic carbocycles. The van der Waals surface area contributed by atoms with Crippen molar-refractivity contribution in [2.45, 2.75) is 136 Å². The number of benzene rings is 2. The number of ether oxygens (including phenoxy) is 3. The molecule has 0 unspecified atom stereocenters. The molecule has 0 radical (unpaired) electrons. The lowest BCUT2D eigenvalue weighted by Gasteiger charge is -2.43. The topological polar surface area (TPSA) is 109 Å². The van der Waals surface area contributed by atoms with E-state index in [9.17, 15) is 14.7 Å². The quantitative estimate of drug-likeness (QED) is 0.0748. The molecule has 3 rings (SSSR count). The van der Waals surface area contributed by atoms with Gasteiger partial charge in [0.05, 0.1) is 25.4 Å². The molecule has 1 aliphatic rings. The van der Waals surface area contributed by atoms with Gasteiger partial charge in [0, 0.05) is 24.6 Å². The second-order valence-electron chi connectivity index (χ2n) is 13.7. The summed E-state index contributed by atoms with van der Waals surface area (Å²) in [7, 11) is 0. The standard InChI is InChI=1S/C41H65N3O6/c1-5-8-10-12-14-16-26-44(27-17-15-13-11-9-6-2)30-37-32(4)39(35-22-20-34(31-45)21-23-35)50-40(49-37)36-24-18-33(19-25-36)28-42-41(47)43-29-38(46)48-7-3/h18-25,32,37,39-40,45H,5-17,26-31H2,1-4H3,(H2,42,43,47)/t32-,37+,39+,40+/m0/s1. The van der Waals surface area contributed by atoms with Crippen LogP contribution >= 0.6 is 0 Å². The Morgan fingerprint density at radius 3 is 1.88 bits per heavy atom. The number of carbonyl (C=O) groups is 2. The fraction of sp³-hybridized carbons (Fsp3) is 0.659. The number of hydrogen-bond acceptors (Lipinski definition) is 7. The summed E-state index contributed by atoms with van der Waals surface area (Å²) in [6, 6.07) is 15.6. The Morgan fingerprint density at radius 1 is 0.740 bits per heavy atom. The van der Waals surface area contributed by atoms with Gasteiger partial charge in [0.25, 0.3) is 0 Å². The molecule has 50 heavy (non-hydrogen) atoms. The molecule has 1 saturated heterocycles. The van der Waals surface area contributed by atoms with Crippen molar-refractivity contribution in [2.75, 3.05) is 32.8 Å². The number of amides is 2. The SMILES string of the molecule is CCCCCCCCN(CCCCCCCC)C[C@H]1O[C@@H](c2ccc(CNC(=O)NCC(=O)OCC)cc2)O[C@@H](c2ccc(CO)cc2)[C@H]1C. The fourth-order valence-electron chi connectivity index (χ4n) is 6.51. The van der Waals surface area contributed by atoms with Crippen molar-refractivity contribution < 1.29 is 28.9 Å². The molecule has 1 fully saturated rings. The average molecular weight is 696 g/mol. The molecule has 2 aromatic rings. The van der Waals surface area contributed by atoms with E-state index in [0.717, 1.165) is 41.9 Å². The molecule has 0 spiro atoms. The molecule has 3 N–H and O–H groups in total. The zero-order chi connectivity index (χ0) is 36.0. The third kappa shape index (κ3) is 15.1. The molecule has 0 bridgehead atoms. The summed E-state index contributed by atoms with van der Waals surface area (Å²) in [4.78, 5) is 26.3. The van der Waals surface area contributed by atoms with Crippen LogP contribution in [0, 0.1) is 5.92 Å². The number of hydrogen-bond donors (Lipinski definition) is 3. The maximum absolute atomic E-state index is 12.2. The van der Waals surface area contributed by atoms with E-state index in [2.05, 4.69) is 48.4 Å². The highest BCUT2D eigenvalue weighted by atomic mass is 16.7. The summed E-state index contributed by atoms with van der Waals surface area (Å²) in [5, 5.41) is 14.9. The zero-order valence-electron chi connectivity index (χ0n) is 31.3. The van der Waals surface area contributed by atoms with Crippen molar-refractivity contribution in [3.05, 3.63) is 70.8 Å². The number of rotatable bonds is 24. The monoisotopic (exact) mass is 695 g/mol. The van der Waals surface area contributed by atoms with Gasteiger partial charge in [-0.05, 0) is 49.5 Å². The summed E-state index contributed by atoms with van der Waals surface area (Å²) in [5.74, 6) is -0.345. The summed E-state index contributed by atoms with van der Waals surface area (Å²) in [6.07, 6.45) is 14.7. The molecule has 2 amide bonds. The van der Waals surface area contributed by atoms with Crippen LogP contribution in [0.3, 0.4) is 0 Å². The van der Waals surface area contributed by atoms with Gasteiger partial charge in [-0.25, -0.2) is 4.79 Å². The van der Waals surface area contributed by atoms with Crippen molar-refractivity contribution in [1.29, 1.82) is 0 Å². The minimum atomic E-state index is -0.543. The smallest absolute Gasteiger partial charge is 0.325 e. The summed E-state index contributed by atoms with van der Waals surface area (Å²) >= 11 is 0. The molecule has 0 aromatic heterocycles. The molecular formula is C41H65N3O6. The van der Waals surface area contributed by atoms with Gasteiger partial charge in [0.1, 0.15) is 6.54 Å². The van der Waals surface area contributed by atoms with Crippen LogP contribution in [0.2, 0.25) is 0 Å². The number of nitrogens with one attached hydrogen (secondary N) is 2. The normalized spacial score (nSPS) is 19.0. The van der Waals surface area contributed by atoms with Crippen LogP contribution in [-0.4, -0.2) is 60.9 Å². The van der Waals surface area contributed by atoms with E-state index in [1.807, 2.05) is 36.4 Å². The molecule has 1 aliphatic heterocycles. The van der Waals surface area contributed by atoms with Gasteiger partial charge in [-0.2, -0.15) is 0 Å².